The Labute approximate surface area is 74.4 Å². The van der Waals surface area contributed by atoms with Crippen LogP contribution in [0.25, 0.3) is 0 Å². The first-order valence-electron chi connectivity index (χ1n) is 3.84. The van der Waals surface area contributed by atoms with Gasteiger partial charge in [-0.2, -0.15) is 13.2 Å². The van der Waals surface area contributed by atoms with Gasteiger partial charge in [-0.15, -0.1) is 0 Å². The fourth-order valence-corrected chi connectivity index (χ4v) is 0.976. The van der Waals surface area contributed by atoms with Gasteiger partial charge in [0.15, 0.2) is 0 Å². The summed E-state index contributed by atoms with van der Waals surface area (Å²) in [5.41, 5.74) is 5.55. The highest BCUT2D eigenvalue weighted by Gasteiger charge is 2.29. The van der Waals surface area contributed by atoms with Gasteiger partial charge in [-0.3, -0.25) is 0 Å². The van der Waals surface area contributed by atoms with Crippen molar-refractivity contribution in [3.8, 4) is 0 Å². The second-order valence-corrected chi connectivity index (χ2v) is 2.91. The van der Waals surface area contributed by atoms with Crippen LogP contribution in [0, 0.1) is 0 Å². The molecule has 1 rings (SSSR count). The number of hydrogen-bond donors (Lipinski definition) is 1. The van der Waals surface area contributed by atoms with Crippen molar-refractivity contribution in [1.82, 2.24) is 0 Å². The average molecular weight is 189 g/mol. The minimum atomic E-state index is -4.27. The molecule has 0 saturated carbocycles. The molecule has 1 atom stereocenters. The molecule has 0 amide bonds. The van der Waals surface area contributed by atoms with Gasteiger partial charge in [0, 0.05) is 6.04 Å². The molecule has 0 heterocycles. The molecule has 0 radical (unpaired) electrons. The number of nitrogens with two attached hydrogens (primary N) is 1. The number of alkyl halides is 3. The first-order chi connectivity index (χ1) is 5.91. The summed E-state index contributed by atoms with van der Waals surface area (Å²) in [6, 6.07) is 4.64. The van der Waals surface area contributed by atoms with Gasteiger partial charge in [0.25, 0.3) is 0 Å². The van der Waals surface area contributed by atoms with Crippen molar-refractivity contribution in [2.75, 3.05) is 0 Å². The van der Waals surface area contributed by atoms with E-state index in [1.54, 1.807) is 6.92 Å². The highest BCUT2D eigenvalue weighted by atomic mass is 19.4. The van der Waals surface area contributed by atoms with E-state index in [0.717, 1.165) is 12.1 Å². The third kappa shape index (κ3) is 2.45. The summed E-state index contributed by atoms with van der Waals surface area (Å²) in [7, 11) is 0. The van der Waals surface area contributed by atoms with Crippen LogP contribution < -0.4 is 5.73 Å². The maximum atomic E-state index is 12.1. The van der Waals surface area contributed by atoms with Crippen molar-refractivity contribution in [1.29, 1.82) is 0 Å². The summed E-state index contributed by atoms with van der Waals surface area (Å²) in [6.45, 7) is 1.72. The molecule has 0 saturated heterocycles. The van der Waals surface area contributed by atoms with E-state index in [2.05, 4.69) is 0 Å². The van der Waals surface area contributed by atoms with E-state index in [1.807, 2.05) is 0 Å². The Morgan fingerprint density at radius 3 is 1.92 bits per heavy atom. The molecule has 0 aliphatic heterocycles. The van der Waals surface area contributed by atoms with Crippen molar-refractivity contribution < 1.29 is 13.2 Å². The third-order valence-corrected chi connectivity index (χ3v) is 1.76. The van der Waals surface area contributed by atoms with E-state index in [4.69, 9.17) is 5.73 Å². The molecule has 0 bridgehead atoms. The maximum absolute atomic E-state index is 12.1. The van der Waals surface area contributed by atoms with Gasteiger partial charge in [-0.1, -0.05) is 12.1 Å². The Morgan fingerprint density at radius 2 is 1.62 bits per heavy atom. The van der Waals surface area contributed by atoms with E-state index >= 15 is 0 Å². The zero-order valence-corrected chi connectivity index (χ0v) is 7.10. The van der Waals surface area contributed by atoms with Crippen LogP contribution in [0.15, 0.2) is 24.3 Å². The maximum Gasteiger partial charge on any atom is 0.416 e. The first kappa shape index (κ1) is 10.1. The Kier molecular flexibility index (Phi) is 2.61. The molecule has 1 aromatic carbocycles. The van der Waals surface area contributed by atoms with Gasteiger partial charge in [0.2, 0.25) is 0 Å². The molecule has 72 valence electrons. The zero-order chi connectivity index (χ0) is 10.1. The monoisotopic (exact) mass is 189 g/mol. The molecule has 13 heavy (non-hydrogen) atoms. The van der Waals surface area contributed by atoms with Crippen LogP contribution in [0.1, 0.15) is 24.1 Å². The van der Waals surface area contributed by atoms with Crippen LogP contribution in [0.4, 0.5) is 13.2 Å². The van der Waals surface area contributed by atoms with E-state index in [0.29, 0.717) is 5.56 Å². The highest BCUT2D eigenvalue weighted by molar-refractivity contribution is 5.26. The summed E-state index contributed by atoms with van der Waals surface area (Å²) >= 11 is 0. The molecule has 0 aromatic heterocycles. The van der Waals surface area contributed by atoms with Gasteiger partial charge in [-0.05, 0) is 24.6 Å². The molecule has 0 spiro atoms. The molecule has 1 aromatic rings. The van der Waals surface area contributed by atoms with E-state index in [1.165, 1.54) is 12.1 Å². The zero-order valence-electron chi connectivity index (χ0n) is 7.10. The lowest BCUT2D eigenvalue weighted by Crippen LogP contribution is -2.07. The van der Waals surface area contributed by atoms with Crippen molar-refractivity contribution in [2.45, 2.75) is 19.1 Å². The van der Waals surface area contributed by atoms with Crippen LogP contribution >= 0.6 is 0 Å². The standard InChI is InChI=1S/C9H10F3N/c1-6(13)7-2-4-8(5-3-7)9(10,11)12/h2-6H,13H2,1H3. The second-order valence-electron chi connectivity index (χ2n) is 2.91. The molecule has 1 unspecified atom stereocenters. The number of benzene rings is 1. The van der Waals surface area contributed by atoms with Crippen molar-refractivity contribution in [2.24, 2.45) is 5.73 Å². The summed E-state index contributed by atoms with van der Waals surface area (Å²) in [5.74, 6) is 0. The van der Waals surface area contributed by atoms with E-state index < -0.39 is 11.7 Å². The molecule has 1 nitrogen and oxygen atoms in total. The van der Waals surface area contributed by atoms with Crippen LogP contribution in [0.5, 0.6) is 0 Å². The predicted molar refractivity (Wildman–Crippen MR) is 44.0 cm³/mol. The Morgan fingerprint density at radius 1 is 1.15 bits per heavy atom. The minimum absolute atomic E-state index is 0.234. The van der Waals surface area contributed by atoms with Gasteiger partial charge in [0.1, 0.15) is 0 Å². The Hall–Kier alpha value is -1.03. The lowest BCUT2D eigenvalue weighted by Gasteiger charge is -2.09. The molecule has 0 aliphatic rings. The molecule has 0 fully saturated rings. The lowest BCUT2D eigenvalue weighted by molar-refractivity contribution is -0.137. The lowest BCUT2D eigenvalue weighted by atomic mass is 10.1. The van der Waals surface area contributed by atoms with Gasteiger partial charge < -0.3 is 5.73 Å². The van der Waals surface area contributed by atoms with Crippen LogP contribution in [0.3, 0.4) is 0 Å². The van der Waals surface area contributed by atoms with Crippen LogP contribution in [-0.4, -0.2) is 0 Å². The summed E-state index contributed by atoms with van der Waals surface area (Å²) < 4.78 is 36.3. The third-order valence-electron chi connectivity index (χ3n) is 1.76. The Balaban J connectivity index is 2.94. The largest absolute Gasteiger partial charge is 0.416 e. The molecular weight excluding hydrogens is 179 g/mol. The summed E-state index contributed by atoms with van der Waals surface area (Å²) in [6.07, 6.45) is -4.27. The van der Waals surface area contributed by atoms with Gasteiger partial charge in [-0.25, -0.2) is 0 Å². The van der Waals surface area contributed by atoms with Crippen LogP contribution in [-0.2, 0) is 6.18 Å². The molecular formula is C9H10F3N. The minimum Gasteiger partial charge on any atom is -0.324 e. The van der Waals surface area contributed by atoms with Crippen LogP contribution in [0.2, 0.25) is 0 Å². The highest BCUT2D eigenvalue weighted by Crippen LogP contribution is 2.29. The van der Waals surface area contributed by atoms with Gasteiger partial charge in [0.05, 0.1) is 5.56 Å². The molecule has 2 N–H and O–H groups in total. The van der Waals surface area contributed by atoms with E-state index in [-0.39, 0.29) is 6.04 Å². The number of halogens is 3. The van der Waals surface area contributed by atoms with Crippen molar-refractivity contribution in [3.05, 3.63) is 35.4 Å². The fraction of sp³-hybridized carbons (Fsp3) is 0.333. The second kappa shape index (κ2) is 3.38. The summed E-state index contributed by atoms with van der Waals surface area (Å²) in [4.78, 5) is 0. The van der Waals surface area contributed by atoms with Gasteiger partial charge >= 0.3 is 6.18 Å². The molecule has 4 heteroatoms. The topological polar surface area (TPSA) is 26.0 Å². The number of hydrogen-bond acceptors (Lipinski definition) is 1. The quantitative estimate of drug-likeness (QED) is 0.722. The van der Waals surface area contributed by atoms with Crippen molar-refractivity contribution >= 4 is 0 Å². The predicted octanol–water partition coefficient (Wildman–Crippen LogP) is 2.73. The van der Waals surface area contributed by atoms with E-state index in [9.17, 15) is 13.2 Å². The average Bonchev–Trinajstić information content (AvgIpc) is 2.03. The Bertz CT molecular complexity index is 274. The SMILES string of the molecule is CC(N)c1ccc(C(F)(F)F)cc1. The fourth-order valence-electron chi connectivity index (χ4n) is 0.976. The smallest absolute Gasteiger partial charge is 0.324 e. The van der Waals surface area contributed by atoms with Crippen molar-refractivity contribution in [3.63, 3.8) is 0 Å². The first-order valence-corrected chi connectivity index (χ1v) is 3.84. The normalized spacial score (nSPS) is 14.2. The number of rotatable bonds is 1. The summed E-state index contributed by atoms with van der Waals surface area (Å²) in [5, 5.41) is 0. The molecule has 0 aliphatic carbocycles.